The number of aliphatic hydroxyl groups is 1. The maximum Gasteiger partial charge on any atom is 0.244 e. The zero-order valence-corrected chi connectivity index (χ0v) is 12.2. The standard InChI is InChI=1S/C15H21NO5/c1-15(2)20-12-10(7-17)19-11(13(12)21-15)8-4-3-5-9(6-8)14(16)18/h3-4,6,8,10-13,17H,5,7H2,1-2H3,(H2,16,18)/t8?,10?,11-,12+,13-/m0/s1. The van der Waals surface area contributed by atoms with Gasteiger partial charge in [-0.2, -0.15) is 0 Å². The summed E-state index contributed by atoms with van der Waals surface area (Å²) in [7, 11) is 0. The topological polar surface area (TPSA) is 91.0 Å². The molecule has 6 nitrogen and oxygen atoms in total. The van der Waals surface area contributed by atoms with E-state index in [1.54, 1.807) is 0 Å². The van der Waals surface area contributed by atoms with Crippen molar-refractivity contribution in [2.75, 3.05) is 6.61 Å². The Labute approximate surface area is 123 Å². The molecule has 0 saturated carbocycles. The van der Waals surface area contributed by atoms with Gasteiger partial charge >= 0.3 is 0 Å². The minimum atomic E-state index is -0.695. The van der Waals surface area contributed by atoms with Crippen LogP contribution in [-0.2, 0) is 19.0 Å². The van der Waals surface area contributed by atoms with Crippen LogP contribution in [0, 0.1) is 5.92 Å². The second kappa shape index (κ2) is 5.21. The molecule has 2 heterocycles. The van der Waals surface area contributed by atoms with Crippen molar-refractivity contribution < 1.29 is 24.1 Å². The monoisotopic (exact) mass is 295 g/mol. The Hall–Kier alpha value is -1.21. The van der Waals surface area contributed by atoms with Gasteiger partial charge in [0.1, 0.15) is 18.3 Å². The van der Waals surface area contributed by atoms with Gasteiger partial charge in [0.05, 0.1) is 12.7 Å². The number of carbonyl (C=O) groups excluding carboxylic acids is 1. The zero-order chi connectivity index (χ0) is 15.2. The van der Waals surface area contributed by atoms with Crippen LogP contribution >= 0.6 is 0 Å². The summed E-state index contributed by atoms with van der Waals surface area (Å²) in [4.78, 5) is 11.3. The SMILES string of the molecule is CC1(C)O[C@@H]2[C@H](O1)C(CO)O[C@H]2C1C=CCC(C(N)=O)=C1. The Kier molecular flexibility index (Phi) is 3.65. The molecule has 6 heteroatoms. The van der Waals surface area contributed by atoms with Crippen LogP contribution in [0.3, 0.4) is 0 Å². The average Bonchev–Trinajstić information content (AvgIpc) is 2.91. The van der Waals surface area contributed by atoms with Gasteiger partial charge in [-0.15, -0.1) is 0 Å². The van der Waals surface area contributed by atoms with Gasteiger partial charge in [-0.3, -0.25) is 4.79 Å². The first-order valence-corrected chi connectivity index (χ1v) is 7.20. The first-order valence-electron chi connectivity index (χ1n) is 7.20. The summed E-state index contributed by atoms with van der Waals surface area (Å²) < 4.78 is 17.6. The van der Waals surface area contributed by atoms with Crippen LogP contribution in [0.4, 0.5) is 0 Å². The molecule has 2 unspecified atom stereocenters. The lowest BCUT2D eigenvalue weighted by Crippen LogP contribution is -2.35. The molecule has 116 valence electrons. The van der Waals surface area contributed by atoms with Gasteiger partial charge in [0, 0.05) is 11.5 Å². The number of fused-ring (bicyclic) bond motifs is 1. The van der Waals surface area contributed by atoms with Crippen molar-refractivity contribution in [1.82, 2.24) is 0 Å². The third-order valence-electron chi connectivity index (χ3n) is 4.15. The molecule has 3 N–H and O–H groups in total. The highest BCUT2D eigenvalue weighted by Crippen LogP contribution is 2.42. The molecular weight excluding hydrogens is 274 g/mol. The molecule has 0 aromatic heterocycles. The molecular formula is C15H21NO5. The van der Waals surface area contributed by atoms with Crippen LogP contribution in [0.5, 0.6) is 0 Å². The number of rotatable bonds is 3. The summed E-state index contributed by atoms with van der Waals surface area (Å²) in [6, 6.07) is 0. The Morgan fingerprint density at radius 2 is 2.10 bits per heavy atom. The van der Waals surface area contributed by atoms with Gasteiger partial charge in [0.25, 0.3) is 0 Å². The summed E-state index contributed by atoms with van der Waals surface area (Å²) in [5.74, 6) is -1.22. The molecule has 0 aromatic carbocycles. The largest absolute Gasteiger partial charge is 0.394 e. The minimum Gasteiger partial charge on any atom is -0.394 e. The van der Waals surface area contributed by atoms with E-state index in [9.17, 15) is 9.90 Å². The first-order chi connectivity index (χ1) is 9.91. The fraction of sp³-hybridized carbons (Fsp3) is 0.667. The maximum absolute atomic E-state index is 11.3. The maximum atomic E-state index is 11.3. The van der Waals surface area contributed by atoms with E-state index in [1.165, 1.54) is 0 Å². The fourth-order valence-corrected chi connectivity index (χ4v) is 3.27. The predicted molar refractivity (Wildman–Crippen MR) is 74.1 cm³/mol. The number of hydrogen-bond donors (Lipinski definition) is 2. The Morgan fingerprint density at radius 1 is 1.38 bits per heavy atom. The highest BCUT2D eigenvalue weighted by molar-refractivity contribution is 5.92. The van der Waals surface area contributed by atoms with Gasteiger partial charge in [0.2, 0.25) is 5.91 Å². The van der Waals surface area contributed by atoms with Crippen LogP contribution in [0.1, 0.15) is 20.3 Å². The van der Waals surface area contributed by atoms with Crippen molar-refractivity contribution >= 4 is 5.91 Å². The van der Waals surface area contributed by atoms with Crippen molar-refractivity contribution in [1.29, 1.82) is 0 Å². The summed E-state index contributed by atoms with van der Waals surface area (Å²) in [5, 5.41) is 9.47. The number of aliphatic hydroxyl groups excluding tert-OH is 1. The summed E-state index contributed by atoms with van der Waals surface area (Å²) in [6.45, 7) is 3.57. The number of hydrogen-bond acceptors (Lipinski definition) is 5. The molecule has 2 saturated heterocycles. The third kappa shape index (κ3) is 2.64. The smallest absolute Gasteiger partial charge is 0.244 e. The summed E-state index contributed by atoms with van der Waals surface area (Å²) in [5.41, 5.74) is 5.93. The van der Waals surface area contributed by atoms with E-state index in [-0.39, 0.29) is 30.8 Å². The molecule has 0 radical (unpaired) electrons. The van der Waals surface area contributed by atoms with Crippen LogP contribution < -0.4 is 5.73 Å². The molecule has 0 spiro atoms. The summed E-state index contributed by atoms with van der Waals surface area (Å²) in [6.07, 6.45) is 5.00. The lowest BCUT2D eigenvalue weighted by molar-refractivity contribution is -0.192. The molecule has 21 heavy (non-hydrogen) atoms. The average molecular weight is 295 g/mol. The van der Waals surface area contributed by atoms with E-state index in [4.69, 9.17) is 19.9 Å². The van der Waals surface area contributed by atoms with Crippen LogP contribution in [0.2, 0.25) is 0 Å². The molecule has 1 aliphatic carbocycles. The quantitative estimate of drug-likeness (QED) is 0.729. The van der Waals surface area contributed by atoms with Gasteiger partial charge in [-0.1, -0.05) is 18.2 Å². The van der Waals surface area contributed by atoms with Gasteiger partial charge < -0.3 is 25.1 Å². The Balaban J connectivity index is 1.84. The van der Waals surface area contributed by atoms with E-state index in [2.05, 4.69) is 0 Å². The normalized spacial score (nSPS) is 40.9. The van der Waals surface area contributed by atoms with Gasteiger partial charge in [-0.05, 0) is 20.3 Å². The molecule has 0 bridgehead atoms. The van der Waals surface area contributed by atoms with E-state index < -0.39 is 17.8 Å². The molecule has 1 amide bonds. The molecule has 2 fully saturated rings. The lowest BCUT2D eigenvalue weighted by Gasteiger charge is -2.27. The Morgan fingerprint density at radius 3 is 2.76 bits per heavy atom. The number of amides is 1. The molecule has 5 atom stereocenters. The van der Waals surface area contributed by atoms with Crippen molar-refractivity contribution in [2.45, 2.75) is 50.5 Å². The lowest BCUT2D eigenvalue weighted by atomic mass is 9.89. The molecule has 2 aliphatic heterocycles. The van der Waals surface area contributed by atoms with E-state index in [1.807, 2.05) is 32.1 Å². The number of allylic oxidation sites excluding steroid dienone is 1. The van der Waals surface area contributed by atoms with Crippen molar-refractivity contribution in [3.8, 4) is 0 Å². The van der Waals surface area contributed by atoms with Gasteiger partial charge in [0.15, 0.2) is 5.79 Å². The van der Waals surface area contributed by atoms with E-state index >= 15 is 0 Å². The predicted octanol–water partition coefficient (Wildman–Crippen LogP) is 0.254. The number of ether oxygens (including phenoxy) is 3. The number of carbonyl (C=O) groups is 1. The van der Waals surface area contributed by atoms with Crippen molar-refractivity contribution in [3.05, 3.63) is 23.8 Å². The summed E-state index contributed by atoms with van der Waals surface area (Å²) >= 11 is 0. The zero-order valence-electron chi connectivity index (χ0n) is 12.2. The Bertz CT molecular complexity index is 498. The van der Waals surface area contributed by atoms with Crippen molar-refractivity contribution in [3.63, 3.8) is 0 Å². The molecule has 3 rings (SSSR count). The van der Waals surface area contributed by atoms with Crippen LogP contribution in [-0.4, -0.2) is 47.8 Å². The van der Waals surface area contributed by atoms with Crippen molar-refractivity contribution in [2.24, 2.45) is 11.7 Å². The highest BCUT2D eigenvalue weighted by atomic mass is 16.8. The highest BCUT2D eigenvalue weighted by Gasteiger charge is 2.56. The minimum absolute atomic E-state index is 0.109. The second-order valence-corrected chi connectivity index (χ2v) is 6.15. The van der Waals surface area contributed by atoms with Crippen LogP contribution in [0.15, 0.2) is 23.8 Å². The third-order valence-corrected chi connectivity index (χ3v) is 4.15. The second-order valence-electron chi connectivity index (χ2n) is 6.15. The first kappa shape index (κ1) is 14.7. The molecule has 0 aromatic rings. The van der Waals surface area contributed by atoms with E-state index in [0.29, 0.717) is 12.0 Å². The number of nitrogens with two attached hydrogens (primary N) is 1. The van der Waals surface area contributed by atoms with E-state index in [0.717, 1.165) is 0 Å². The van der Waals surface area contributed by atoms with Crippen LogP contribution in [0.25, 0.3) is 0 Å². The van der Waals surface area contributed by atoms with Gasteiger partial charge in [-0.25, -0.2) is 0 Å². The number of primary amides is 1. The fourth-order valence-electron chi connectivity index (χ4n) is 3.27. The molecule has 3 aliphatic rings.